The molecular formula is C19H21NS. The maximum Gasteiger partial charge on any atom is 0.0488 e. The molecule has 2 heteroatoms. The average Bonchev–Trinajstić information content (AvgIpc) is 2.90. The number of anilines is 1. The van der Waals surface area contributed by atoms with Gasteiger partial charge in [-0.2, -0.15) is 0 Å². The molecule has 0 bridgehead atoms. The Labute approximate surface area is 130 Å². The highest BCUT2D eigenvalue weighted by Crippen LogP contribution is 2.28. The van der Waals surface area contributed by atoms with Gasteiger partial charge in [0.15, 0.2) is 0 Å². The minimum Gasteiger partial charge on any atom is -0.378 e. The third kappa shape index (κ3) is 2.81. The van der Waals surface area contributed by atoms with E-state index in [9.17, 15) is 0 Å². The second-order valence-corrected chi connectivity index (χ2v) is 6.78. The molecule has 1 aromatic heterocycles. The SMILES string of the molecule is Cc1cc(C)c(C(C)Nc2ccc3sccc3c2)cc1C. The van der Waals surface area contributed by atoms with E-state index in [1.165, 1.54) is 38.0 Å². The molecule has 3 aromatic rings. The lowest BCUT2D eigenvalue weighted by molar-refractivity contribution is 0.871. The van der Waals surface area contributed by atoms with E-state index in [1.807, 2.05) is 0 Å². The summed E-state index contributed by atoms with van der Waals surface area (Å²) in [4.78, 5) is 0. The zero-order valence-corrected chi connectivity index (χ0v) is 13.8. The second kappa shape index (κ2) is 5.53. The molecule has 0 saturated carbocycles. The predicted molar refractivity (Wildman–Crippen MR) is 94.5 cm³/mol. The summed E-state index contributed by atoms with van der Waals surface area (Å²) in [6.45, 7) is 8.79. The lowest BCUT2D eigenvalue weighted by Crippen LogP contribution is -2.09. The summed E-state index contributed by atoms with van der Waals surface area (Å²) in [6, 6.07) is 13.7. The van der Waals surface area contributed by atoms with Crippen molar-refractivity contribution in [3.63, 3.8) is 0 Å². The first-order valence-electron chi connectivity index (χ1n) is 7.36. The van der Waals surface area contributed by atoms with Crippen LogP contribution < -0.4 is 5.32 Å². The molecule has 1 nitrogen and oxygen atoms in total. The van der Waals surface area contributed by atoms with Gasteiger partial charge in [-0.3, -0.25) is 0 Å². The van der Waals surface area contributed by atoms with Crippen molar-refractivity contribution in [3.8, 4) is 0 Å². The number of thiophene rings is 1. The number of hydrogen-bond acceptors (Lipinski definition) is 2. The van der Waals surface area contributed by atoms with Crippen molar-refractivity contribution in [1.82, 2.24) is 0 Å². The molecule has 21 heavy (non-hydrogen) atoms. The molecular weight excluding hydrogens is 274 g/mol. The van der Waals surface area contributed by atoms with Gasteiger partial charge in [-0.1, -0.05) is 12.1 Å². The van der Waals surface area contributed by atoms with Gasteiger partial charge in [-0.15, -0.1) is 11.3 Å². The molecule has 0 saturated heterocycles. The fourth-order valence-electron chi connectivity index (χ4n) is 2.83. The summed E-state index contributed by atoms with van der Waals surface area (Å²) < 4.78 is 1.34. The first kappa shape index (κ1) is 14.2. The summed E-state index contributed by atoms with van der Waals surface area (Å²) >= 11 is 1.79. The number of aryl methyl sites for hydroxylation is 3. The van der Waals surface area contributed by atoms with Gasteiger partial charge in [0, 0.05) is 16.4 Å². The highest BCUT2D eigenvalue weighted by Gasteiger charge is 2.10. The number of benzene rings is 2. The molecule has 0 aliphatic heterocycles. The van der Waals surface area contributed by atoms with E-state index in [0.717, 1.165) is 0 Å². The minimum atomic E-state index is 0.306. The van der Waals surface area contributed by atoms with Crippen molar-refractivity contribution in [3.05, 3.63) is 64.0 Å². The van der Waals surface area contributed by atoms with Crippen molar-refractivity contribution in [2.75, 3.05) is 5.32 Å². The zero-order valence-electron chi connectivity index (χ0n) is 13.0. The monoisotopic (exact) mass is 295 g/mol. The fourth-order valence-corrected chi connectivity index (χ4v) is 3.60. The topological polar surface area (TPSA) is 12.0 Å². The molecule has 1 heterocycles. The normalized spacial score (nSPS) is 12.6. The van der Waals surface area contributed by atoms with Gasteiger partial charge in [0.2, 0.25) is 0 Å². The Kier molecular flexibility index (Phi) is 3.73. The van der Waals surface area contributed by atoms with Crippen molar-refractivity contribution in [2.45, 2.75) is 33.7 Å². The molecule has 1 atom stereocenters. The Hall–Kier alpha value is -1.80. The molecule has 0 aliphatic carbocycles. The van der Waals surface area contributed by atoms with Crippen LogP contribution in [-0.2, 0) is 0 Å². The van der Waals surface area contributed by atoms with Crippen molar-refractivity contribution >= 4 is 27.1 Å². The van der Waals surface area contributed by atoms with Crippen LogP contribution in [0.25, 0.3) is 10.1 Å². The highest BCUT2D eigenvalue weighted by molar-refractivity contribution is 7.17. The number of fused-ring (bicyclic) bond motifs is 1. The molecule has 0 amide bonds. The highest BCUT2D eigenvalue weighted by atomic mass is 32.1. The van der Waals surface area contributed by atoms with E-state index in [1.54, 1.807) is 11.3 Å². The second-order valence-electron chi connectivity index (χ2n) is 5.83. The van der Waals surface area contributed by atoms with Gasteiger partial charge in [0.25, 0.3) is 0 Å². The average molecular weight is 295 g/mol. The lowest BCUT2D eigenvalue weighted by atomic mass is 9.96. The van der Waals surface area contributed by atoms with Gasteiger partial charge in [-0.25, -0.2) is 0 Å². The van der Waals surface area contributed by atoms with Crippen molar-refractivity contribution in [2.24, 2.45) is 0 Å². The van der Waals surface area contributed by atoms with Crippen LogP contribution in [0.5, 0.6) is 0 Å². The summed E-state index contributed by atoms with van der Waals surface area (Å²) in [6.07, 6.45) is 0. The van der Waals surface area contributed by atoms with Gasteiger partial charge < -0.3 is 5.32 Å². The number of hydrogen-bond donors (Lipinski definition) is 1. The van der Waals surface area contributed by atoms with Crippen LogP contribution in [0, 0.1) is 20.8 Å². The molecule has 0 aliphatic rings. The van der Waals surface area contributed by atoms with Crippen LogP contribution in [0.2, 0.25) is 0 Å². The van der Waals surface area contributed by atoms with E-state index in [-0.39, 0.29) is 0 Å². The third-order valence-electron chi connectivity index (χ3n) is 4.18. The zero-order chi connectivity index (χ0) is 15.0. The molecule has 3 rings (SSSR count). The molecule has 0 fully saturated rings. The lowest BCUT2D eigenvalue weighted by Gasteiger charge is -2.19. The van der Waals surface area contributed by atoms with Crippen LogP contribution in [0.1, 0.15) is 35.2 Å². The van der Waals surface area contributed by atoms with Crippen LogP contribution in [-0.4, -0.2) is 0 Å². The summed E-state index contributed by atoms with van der Waals surface area (Å²) in [5.41, 5.74) is 6.64. The summed E-state index contributed by atoms with van der Waals surface area (Å²) in [5, 5.41) is 7.09. The van der Waals surface area contributed by atoms with E-state index in [0.29, 0.717) is 6.04 Å². The summed E-state index contributed by atoms with van der Waals surface area (Å²) in [7, 11) is 0. The maximum atomic E-state index is 3.63. The van der Waals surface area contributed by atoms with Crippen LogP contribution in [0.15, 0.2) is 41.8 Å². The molecule has 1 N–H and O–H groups in total. The first-order valence-corrected chi connectivity index (χ1v) is 8.24. The predicted octanol–water partition coefficient (Wildman–Crippen LogP) is 6.00. The van der Waals surface area contributed by atoms with Crippen LogP contribution in [0.4, 0.5) is 5.69 Å². The molecule has 108 valence electrons. The molecule has 0 spiro atoms. The Morgan fingerprint density at radius 1 is 0.905 bits per heavy atom. The van der Waals surface area contributed by atoms with Crippen LogP contribution in [0.3, 0.4) is 0 Å². The van der Waals surface area contributed by atoms with Gasteiger partial charge in [-0.05, 0) is 85.0 Å². The molecule has 1 unspecified atom stereocenters. The molecule has 0 radical (unpaired) electrons. The van der Waals surface area contributed by atoms with E-state index in [2.05, 4.69) is 74.8 Å². The Morgan fingerprint density at radius 3 is 2.48 bits per heavy atom. The van der Waals surface area contributed by atoms with E-state index < -0.39 is 0 Å². The number of nitrogens with one attached hydrogen (secondary N) is 1. The van der Waals surface area contributed by atoms with E-state index >= 15 is 0 Å². The Morgan fingerprint density at radius 2 is 1.67 bits per heavy atom. The standard InChI is InChI=1S/C19H21NS/c1-12-9-14(3)18(10-13(12)2)15(4)20-17-5-6-19-16(11-17)7-8-21-19/h5-11,15,20H,1-4H3. The Bertz CT molecular complexity index is 785. The van der Waals surface area contributed by atoms with E-state index in [4.69, 9.17) is 0 Å². The quantitative estimate of drug-likeness (QED) is 0.625. The smallest absolute Gasteiger partial charge is 0.0488 e. The maximum absolute atomic E-state index is 3.63. The first-order chi connectivity index (χ1) is 10.0. The number of rotatable bonds is 3. The fraction of sp³-hybridized carbons (Fsp3) is 0.263. The molecule has 2 aromatic carbocycles. The third-order valence-corrected chi connectivity index (χ3v) is 5.08. The minimum absolute atomic E-state index is 0.306. The van der Waals surface area contributed by atoms with Gasteiger partial charge in [0.1, 0.15) is 0 Å². The van der Waals surface area contributed by atoms with Gasteiger partial charge >= 0.3 is 0 Å². The van der Waals surface area contributed by atoms with Crippen molar-refractivity contribution < 1.29 is 0 Å². The van der Waals surface area contributed by atoms with Gasteiger partial charge in [0.05, 0.1) is 0 Å². The van der Waals surface area contributed by atoms with Crippen LogP contribution >= 0.6 is 11.3 Å². The van der Waals surface area contributed by atoms with Crippen molar-refractivity contribution in [1.29, 1.82) is 0 Å². The Balaban J connectivity index is 1.88. The summed E-state index contributed by atoms with van der Waals surface area (Å²) in [5.74, 6) is 0. The largest absolute Gasteiger partial charge is 0.378 e.